The van der Waals surface area contributed by atoms with Crippen LogP contribution in [0, 0.1) is 24.5 Å². The van der Waals surface area contributed by atoms with Crippen molar-refractivity contribution in [1.82, 2.24) is 29.6 Å². The second kappa shape index (κ2) is 23.2. The SMILES string of the molecule is C/C=S(\Nc1ccc(C(=O)N2CCN(CC3CCCC(c4ccnc5c(/S(=C/C)Nc6ccc(C(=O)N7CCN(Cc8ccc(F)c(Cl)c8)CC7)cc6F)cccc45)C3)CC2)cc1C)c1cccc2cccnc12. The summed E-state index contributed by atoms with van der Waals surface area (Å²) < 4.78 is 36.7. The lowest BCUT2D eigenvalue weighted by atomic mass is 9.77. The van der Waals surface area contributed by atoms with E-state index in [1.165, 1.54) is 24.1 Å². The Morgan fingerprint density at radius 3 is 2.00 bits per heavy atom. The summed E-state index contributed by atoms with van der Waals surface area (Å²) in [4.78, 5) is 47.7. The van der Waals surface area contributed by atoms with E-state index in [1.807, 2.05) is 53.9 Å². The van der Waals surface area contributed by atoms with Gasteiger partial charge in [0.05, 0.1) is 21.7 Å². The van der Waals surface area contributed by atoms with Crippen molar-refractivity contribution in [3.63, 3.8) is 0 Å². The lowest BCUT2D eigenvalue weighted by molar-refractivity contribution is 0.0601. The zero-order chi connectivity index (χ0) is 51.3. The molecule has 10 nitrogen and oxygen atoms in total. The molecule has 2 aliphatic heterocycles. The standard InChI is InChI=1S/C59H63ClF2N8O2S2/c1-4-73(54-15-7-11-43-13-9-24-63-56(43)54)65-52-21-18-45(34-40(52)3)58(71)69-30-26-67(27-31-69)38-41-10-6-12-44(35-41)47-23-25-64-57-48(47)14-8-16-55(57)74(5-2)66-53-22-19-46(37-51(53)62)59(72)70-32-28-68(29-33-70)39-42-17-20-50(61)49(60)36-42/h4-5,7-9,11,13-25,34,36-37,41,44,65-66H,6,10,12,26-33,35,38-39H2,1-3H3. The number of pyridine rings is 2. The zero-order valence-corrected chi connectivity index (χ0v) is 44.6. The Labute approximate surface area is 443 Å². The van der Waals surface area contributed by atoms with Crippen LogP contribution in [-0.4, -0.2) is 111 Å². The van der Waals surface area contributed by atoms with Crippen molar-refractivity contribution in [2.75, 3.05) is 68.3 Å². The highest BCUT2D eigenvalue weighted by Gasteiger charge is 2.30. The van der Waals surface area contributed by atoms with Crippen LogP contribution in [-0.2, 0) is 6.54 Å². The first-order valence-electron chi connectivity index (χ1n) is 25.7. The Bertz CT molecular complexity index is 3280. The minimum atomic E-state index is -0.684. The van der Waals surface area contributed by atoms with Crippen LogP contribution in [0.4, 0.5) is 20.2 Å². The largest absolute Gasteiger partial charge is 0.336 e. The summed E-state index contributed by atoms with van der Waals surface area (Å²) >= 11 is 5.99. The van der Waals surface area contributed by atoms with Gasteiger partial charge >= 0.3 is 0 Å². The molecule has 3 aliphatic rings. The number of rotatable bonds is 13. The summed E-state index contributed by atoms with van der Waals surface area (Å²) in [5.41, 5.74) is 7.55. The Morgan fingerprint density at radius 1 is 0.676 bits per heavy atom. The molecule has 0 radical (unpaired) electrons. The quantitative estimate of drug-likeness (QED) is 0.110. The van der Waals surface area contributed by atoms with Crippen molar-refractivity contribution < 1.29 is 18.4 Å². The van der Waals surface area contributed by atoms with Crippen LogP contribution in [0.5, 0.6) is 0 Å². The summed E-state index contributed by atoms with van der Waals surface area (Å²) in [6, 6.07) is 34.3. The molecule has 15 heteroatoms. The second-order valence-electron chi connectivity index (χ2n) is 19.6. The highest BCUT2D eigenvalue weighted by molar-refractivity contribution is 8.16. The minimum Gasteiger partial charge on any atom is -0.336 e. The maximum Gasteiger partial charge on any atom is 0.254 e. The predicted octanol–water partition coefficient (Wildman–Crippen LogP) is 12.7. The lowest BCUT2D eigenvalue weighted by Gasteiger charge is -2.38. The van der Waals surface area contributed by atoms with Crippen molar-refractivity contribution in [2.45, 2.75) is 68.7 Å². The van der Waals surface area contributed by atoms with Gasteiger partial charge in [-0.2, -0.15) is 0 Å². The Kier molecular flexibility index (Phi) is 16.2. The van der Waals surface area contributed by atoms with Gasteiger partial charge in [0, 0.05) is 115 Å². The van der Waals surface area contributed by atoms with Crippen molar-refractivity contribution in [3.8, 4) is 0 Å². The summed E-state index contributed by atoms with van der Waals surface area (Å²) in [5, 5.41) is 6.58. The molecule has 4 unspecified atom stereocenters. The first-order valence-corrected chi connectivity index (χ1v) is 28.7. The van der Waals surface area contributed by atoms with E-state index in [4.69, 9.17) is 16.6 Å². The van der Waals surface area contributed by atoms with E-state index in [0.29, 0.717) is 68.9 Å². The maximum atomic E-state index is 15.9. The monoisotopic (exact) mass is 1050 g/mol. The second-order valence-corrected chi connectivity index (χ2v) is 23.6. The summed E-state index contributed by atoms with van der Waals surface area (Å²) in [7, 11) is -1.05. The average Bonchev–Trinajstić information content (AvgIpc) is 3.43. The van der Waals surface area contributed by atoms with Crippen molar-refractivity contribution in [3.05, 3.63) is 166 Å². The number of aromatic nitrogens is 2. The Balaban J connectivity index is 0.730. The molecule has 0 spiro atoms. The molecule has 5 aromatic carbocycles. The molecule has 2 saturated heterocycles. The fourth-order valence-electron chi connectivity index (χ4n) is 10.9. The number of piperazine rings is 2. The Morgan fingerprint density at radius 2 is 1.31 bits per heavy atom. The van der Waals surface area contributed by atoms with Gasteiger partial charge in [-0.15, -0.1) is 0 Å². The van der Waals surface area contributed by atoms with Crippen molar-refractivity contribution >= 4 is 88.7 Å². The number of nitrogens with one attached hydrogen (secondary N) is 2. The molecule has 74 heavy (non-hydrogen) atoms. The molecule has 4 atom stereocenters. The number of nitrogens with zero attached hydrogens (tertiary/aromatic N) is 6. The molecule has 10 rings (SSSR count). The fourth-order valence-corrected chi connectivity index (χ4v) is 14.2. The van der Waals surface area contributed by atoms with Crippen molar-refractivity contribution in [1.29, 1.82) is 0 Å². The molecule has 4 heterocycles. The minimum absolute atomic E-state index is 0.0870. The maximum absolute atomic E-state index is 15.9. The number of carbonyl (C=O) groups excluding carboxylic acids is 2. The van der Waals surface area contributed by atoms with E-state index < -0.39 is 22.3 Å². The number of aryl methyl sites for hydroxylation is 1. The number of fused-ring (bicyclic) bond motifs is 2. The highest BCUT2D eigenvalue weighted by Crippen LogP contribution is 2.42. The van der Waals surface area contributed by atoms with Crippen LogP contribution in [0.15, 0.2) is 131 Å². The van der Waals surface area contributed by atoms with Gasteiger partial charge in [0.25, 0.3) is 11.8 Å². The highest BCUT2D eigenvalue weighted by atomic mass is 35.5. The van der Waals surface area contributed by atoms with Gasteiger partial charge in [-0.1, -0.05) is 75.8 Å². The number of amides is 2. The van der Waals surface area contributed by atoms with Crippen LogP contribution >= 0.6 is 32.9 Å². The van der Waals surface area contributed by atoms with E-state index in [1.54, 1.807) is 29.2 Å². The van der Waals surface area contributed by atoms with Gasteiger partial charge < -0.3 is 19.2 Å². The molecule has 2 aromatic heterocycles. The van der Waals surface area contributed by atoms with Gasteiger partial charge in [0.1, 0.15) is 11.6 Å². The van der Waals surface area contributed by atoms with E-state index in [2.05, 4.69) is 92.0 Å². The molecule has 0 bridgehead atoms. The summed E-state index contributed by atoms with van der Waals surface area (Å²) in [6.07, 6.45) is 8.33. The van der Waals surface area contributed by atoms with E-state index in [0.717, 1.165) is 92.9 Å². The van der Waals surface area contributed by atoms with E-state index in [9.17, 15) is 14.0 Å². The van der Waals surface area contributed by atoms with Crippen LogP contribution in [0.3, 0.4) is 0 Å². The van der Waals surface area contributed by atoms with Crippen molar-refractivity contribution in [2.24, 2.45) is 5.92 Å². The van der Waals surface area contributed by atoms with Crippen LogP contribution in [0.1, 0.15) is 82.9 Å². The van der Waals surface area contributed by atoms with E-state index in [-0.39, 0.29) is 27.5 Å². The van der Waals surface area contributed by atoms with Gasteiger partial charge in [0.2, 0.25) is 0 Å². The third-order valence-corrected chi connectivity index (χ3v) is 18.6. The molecular formula is C59H63ClF2N8O2S2. The van der Waals surface area contributed by atoms with Gasteiger partial charge in [-0.25, -0.2) is 8.78 Å². The number of para-hydroxylation sites is 2. The number of hydrogen-bond acceptors (Lipinski definition) is 8. The number of anilines is 2. The smallest absolute Gasteiger partial charge is 0.254 e. The van der Waals surface area contributed by atoms with Gasteiger partial charge in [0.15, 0.2) is 0 Å². The molecule has 7 aromatic rings. The normalized spacial score (nSPS) is 18.7. The number of carbonyl (C=O) groups is 2. The molecule has 1 saturated carbocycles. The molecule has 2 N–H and O–H groups in total. The number of hydrogen-bond donors (Lipinski definition) is 2. The molecule has 2 amide bonds. The van der Waals surface area contributed by atoms with Crippen LogP contribution in [0.25, 0.3) is 21.8 Å². The average molecular weight is 1050 g/mol. The molecule has 1 aliphatic carbocycles. The topological polar surface area (TPSA) is 96.9 Å². The zero-order valence-electron chi connectivity index (χ0n) is 42.2. The molecular weight excluding hydrogens is 990 g/mol. The van der Waals surface area contributed by atoms with Gasteiger partial charge in [-0.05, 0) is 152 Å². The van der Waals surface area contributed by atoms with E-state index >= 15 is 4.39 Å². The Hall–Kier alpha value is -6.03. The van der Waals surface area contributed by atoms with Crippen LogP contribution < -0.4 is 9.44 Å². The lowest BCUT2D eigenvalue weighted by Crippen LogP contribution is -2.50. The third kappa shape index (κ3) is 11.4. The first kappa shape index (κ1) is 51.5. The summed E-state index contributed by atoms with van der Waals surface area (Å²) in [5.74, 6) is -0.0975. The fraction of sp³-hybridized carbons (Fsp3) is 0.322. The first-order chi connectivity index (χ1) is 36.0. The number of benzene rings is 5. The molecule has 3 fully saturated rings. The van der Waals surface area contributed by atoms with Gasteiger partial charge in [-0.3, -0.25) is 29.4 Å². The molecule has 384 valence electrons. The number of halogens is 3. The van der Waals surface area contributed by atoms with Crippen LogP contribution in [0.2, 0.25) is 5.02 Å². The summed E-state index contributed by atoms with van der Waals surface area (Å²) in [6.45, 7) is 13.2. The predicted molar refractivity (Wildman–Crippen MR) is 303 cm³/mol. The third-order valence-electron chi connectivity index (χ3n) is 14.9.